The van der Waals surface area contributed by atoms with E-state index in [1.165, 1.54) is 0 Å². The summed E-state index contributed by atoms with van der Waals surface area (Å²) in [5.41, 5.74) is 6.96. The predicted octanol–water partition coefficient (Wildman–Crippen LogP) is 0.830. The van der Waals surface area contributed by atoms with Gasteiger partial charge in [-0.15, -0.1) is 0 Å². The van der Waals surface area contributed by atoms with Crippen LogP contribution in [0.4, 0.5) is 0 Å². The number of nitrogens with two attached hydrogens (primary N) is 1. The molecule has 0 aliphatic heterocycles. The van der Waals surface area contributed by atoms with Crippen molar-refractivity contribution >= 4 is 18.4 Å². The molecule has 2 N–H and O–H groups in total. The van der Waals surface area contributed by atoms with E-state index in [-0.39, 0.29) is 5.78 Å². The molecule has 1 aromatic heterocycles. The van der Waals surface area contributed by atoms with Crippen LogP contribution in [0.1, 0.15) is 16.1 Å². The van der Waals surface area contributed by atoms with Gasteiger partial charge in [0.2, 0.25) is 0 Å². The van der Waals surface area contributed by atoms with E-state index < -0.39 is 6.04 Å². The summed E-state index contributed by atoms with van der Waals surface area (Å²) in [7, 11) is 0. The maximum absolute atomic E-state index is 11.5. The molecule has 1 rings (SSSR count). The molecule has 13 heavy (non-hydrogen) atoms. The second kappa shape index (κ2) is 4.39. The van der Waals surface area contributed by atoms with Crippen LogP contribution in [0, 0.1) is 6.92 Å². The van der Waals surface area contributed by atoms with Crippen LogP contribution in [0.3, 0.4) is 0 Å². The van der Waals surface area contributed by atoms with E-state index in [9.17, 15) is 4.79 Å². The van der Waals surface area contributed by atoms with Crippen molar-refractivity contribution in [3.8, 4) is 0 Å². The molecular weight excluding hydrogens is 184 g/mol. The van der Waals surface area contributed by atoms with Gasteiger partial charge in [0.25, 0.3) is 0 Å². The number of pyridine rings is 1. The Balaban J connectivity index is 2.89. The molecule has 1 heterocycles. The van der Waals surface area contributed by atoms with Crippen molar-refractivity contribution in [2.24, 2.45) is 5.73 Å². The molecule has 0 radical (unpaired) electrons. The van der Waals surface area contributed by atoms with E-state index >= 15 is 0 Å². The molecule has 0 spiro atoms. The molecule has 0 aromatic carbocycles. The van der Waals surface area contributed by atoms with Crippen molar-refractivity contribution in [2.45, 2.75) is 13.0 Å². The molecule has 0 saturated heterocycles. The van der Waals surface area contributed by atoms with Gasteiger partial charge in [-0.25, -0.2) is 0 Å². The van der Waals surface area contributed by atoms with Gasteiger partial charge in [-0.1, -0.05) is 0 Å². The summed E-state index contributed by atoms with van der Waals surface area (Å²) in [4.78, 5) is 15.4. The van der Waals surface area contributed by atoms with Crippen molar-refractivity contribution < 1.29 is 4.79 Å². The van der Waals surface area contributed by atoms with Crippen LogP contribution in [0.2, 0.25) is 0 Å². The standard InChI is InChI=1S/C9H12N2OS/c1-6-2-3-11-8(4-6)9(12)7(10)5-13/h2-4,7,13H,5,10H2,1H3/t7-/m0/s1. The summed E-state index contributed by atoms with van der Waals surface area (Å²) in [6.45, 7) is 1.91. The quantitative estimate of drug-likeness (QED) is 0.556. The second-order valence-corrected chi connectivity index (χ2v) is 3.24. The maximum atomic E-state index is 11.5. The maximum Gasteiger partial charge on any atom is 0.198 e. The highest BCUT2D eigenvalue weighted by molar-refractivity contribution is 7.80. The lowest BCUT2D eigenvalue weighted by Gasteiger charge is -2.06. The molecule has 0 saturated carbocycles. The van der Waals surface area contributed by atoms with E-state index in [0.29, 0.717) is 11.4 Å². The first-order valence-corrected chi connectivity index (χ1v) is 4.61. The topological polar surface area (TPSA) is 56.0 Å². The number of hydrogen-bond acceptors (Lipinski definition) is 4. The molecule has 1 atom stereocenters. The third-order valence-electron chi connectivity index (χ3n) is 1.70. The van der Waals surface area contributed by atoms with Crippen LogP contribution in [-0.2, 0) is 0 Å². The monoisotopic (exact) mass is 196 g/mol. The highest BCUT2D eigenvalue weighted by Crippen LogP contribution is 2.03. The molecule has 0 aliphatic rings. The molecule has 4 heteroatoms. The number of Topliss-reactive ketones (excluding diaryl/α,β-unsaturated/α-hetero) is 1. The summed E-state index contributed by atoms with van der Waals surface area (Å²) in [6, 6.07) is 3.01. The first kappa shape index (κ1) is 10.2. The Morgan fingerprint density at radius 2 is 2.46 bits per heavy atom. The van der Waals surface area contributed by atoms with E-state index in [1.807, 2.05) is 13.0 Å². The van der Waals surface area contributed by atoms with Crippen LogP contribution < -0.4 is 5.73 Å². The summed E-state index contributed by atoms with van der Waals surface area (Å²) in [6.07, 6.45) is 1.60. The van der Waals surface area contributed by atoms with Gasteiger partial charge >= 0.3 is 0 Å². The Hall–Kier alpha value is -0.870. The normalized spacial score (nSPS) is 12.5. The van der Waals surface area contributed by atoms with Crippen LogP contribution in [0.5, 0.6) is 0 Å². The Bertz CT molecular complexity index is 314. The van der Waals surface area contributed by atoms with Crippen LogP contribution >= 0.6 is 12.6 Å². The smallest absolute Gasteiger partial charge is 0.198 e. The van der Waals surface area contributed by atoms with Crippen molar-refractivity contribution in [3.63, 3.8) is 0 Å². The number of thiol groups is 1. The van der Waals surface area contributed by atoms with Crippen molar-refractivity contribution in [2.75, 3.05) is 5.75 Å². The fraction of sp³-hybridized carbons (Fsp3) is 0.333. The van der Waals surface area contributed by atoms with E-state index in [1.54, 1.807) is 12.3 Å². The number of hydrogen-bond donors (Lipinski definition) is 2. The number of carbonyl (C=O) groups is 1. The molecule has 0 bridgehead atoms. The van der Waals surface area contributed by atoms with Gasteiger partial charge in [0.15, 0.2) is 5.78 Å². The van der Waals surface area contributed by atoms with Gasteiger partial charge in [0, 0.05) is 11.9 Å². The second-order valence-electron chi connectivity index (χ2n) is 2.87. The summed E-state index contributed by atoms with van der Waals surface area (Å²) in [5, 5.41) is 0. The van der Waals surface area contributed by atoms with Crippen LogP contribution in [0.15, 0.2) is 18.3 Å². The fourth-order valence-corrected chi connectivity index (χ4v) is 1.11. The number of ketones is 1. The number of aromatic nitrogens is 1. The molecule has 0 amide bonds. The zero-order valence-corrected chi connectivity index (χ0v) is 8.29. The Kier molecular flexibility index (Phi) is 3.45. The SMILES string of the molecule is Cc1ccnc(C(=O)[C@@H](N)CS)c1. The van der Waals surface area contributed by atoms with Gasteiger partial charge in [-0.2, -0.15) is 12.6 Å². The zero-order valence-electron chi connectivity index (χ0n) is 7.40. The lowest BCUT2D eigenvalue weighted by molar-refractivity contribution is 0.0965. The Labute approximate surface area is 82.8 Å². The summed E-state index contributed by atoms with van der Waals surface area (Å²) in [5.74, 6) is 0.188. The lowest BCUT2D eigenvalue weighted by atomic mass is 10.1. The van der Waals surface area contributed by atoms with Crippen LogP contribution in [0.25, 0.3) is 0 Å². The minimum absolute atomic E-state index is 0.154. The molecule has 0 unspecified atom stereocenters. The van der Waals surface area contributed by atoms with Gasteiger partial charge in [-0.05, 0) is 24.6 Å². The molecular formula is C9H12N2OS. The third-order valence-corrected chi connectivity index (χ3v) is 2.09. The molecule has 1 aromatic rings. The zero-order chi connectivity index (χ0) is 9.84. The Morgan fingerprint density at radius 3 is 3.00 bits per heavy atom. The van der Waals surface area contributed by atoms with Crippen molar-refractivity contribution in [3.05, 3.63) is 29.6 Å². The highest BCUT2D eigenvalue weighted by atomic mass is 32.1. The number of nitrogens with zero attached hydrogens (tertiary/aromatic N) is 1. The van der Waals surface area contributed by atoms with E-state index in [0.717, 1.165) is 5.56 Å². The molecule has 70 valence electrons. The predicted molar refractivity (Wildman–Crippen MR) is 55.1 cm³/mol. The first-order valence-electron chi connectivity index (χ1n) is 3.98. The van der Waals surface area contributed by atoms with Gasteiger partial charge in [0.05, 0.1) is 6.04 Å². The number of carbonyl (C=O) groups excluding carboxylic acids is 1. The van der Waals surface area contributed by atoms with Crippen molar-refractivity contribution in [1.82, 2.24) is 4.98 Å². The minimum Gasteiger partial charge on any atom is -0.320 e. The number of rotatable bonds is 3. The molecule has 0 fully saturated rings. The third kappa shape index (κ3) is 2.54. The Morgan fingerprint density at radius 1 is 1.77 bits per heavy atom. The summed E-state index contributed by atoms with van der Waals surface area (Å²) < 4.78 is 0. The highest BCUT2D eigenvalue weighted by Gasteiger charge is 2.14. The fourth-order valence-electron chi connectivity index (χ4n) is 0.944. The average molecular weight is 196 g/mol. The molecule has 3 nitrogen and oxygen atoms in total. The largest absolute Gasteiger partial charge is 0.320 e. The van der Waals surface area contributed by atoms with E-state index in [2.05, 4.69) is 17.6 Å². The number of aryl methyl sites for hydroxylation is 1. The first-order chi connectivity index (χ1) is 6.15. The van der Waals surface area contributed by atoms with Gasteiger partial charge < -0.3 is 5.73 Å². The van der Waals surface area contributed by atoms with E-state index in [4.69, 9.17) is 5.73 Å². The van der Waals surface area contributed by atoms with Gasteiger partial charge in [0.1, 0.15) is 5.69 Å². The van der Waals surface area contributed by atoms with Crippen LogP contribution in [-0.4, -0.2) is 22.6 Å². The average Bonchev–Trinajstić information content (AvgIpc) is 2.15. The summed E-state index contributed by atoms with van der Waals surface area (Å²) >= 11 is 3.96. The lowest BCUT2D eigenvalue weighted by Crippen LogP contribution is -2.32. The minimum atomic E-state index is -0.558. The molecule has 0 aliphatic carbocycles. The van der Waals surface area contributed by atoms with Gasteiger partial charge in [-0.3, -0.25) is 9.78 Å². The van der Waals surface area contributed by atoms with Crippen molar-refractivity contribution in [1.29, 1.82) is 0 Å².